The van der Waals surface area contributed by atoms with Crippen molar-refractivity contribution in [3.05, 3.63) is 27.7 Å². The van der Waals surface area contributed by atoms with E-state index in [0.717, 1.165) is 21.3 Å². The first-order chi connectivity index (χ1) is 8.39. The molecule has 0 aliphatic rings. The first-order valence-electron chi connectivity index (χ1n) is 5.93. The van der Waals surface area contributed by atoms with Gasteiger partial charge in [0.2, 0.25) is 0 Å². The minimum absolute atomic E-state index is 0.355. The fraction of sp³-hybridized carbons (Fsp3) is 0.500. The van der Waals surface area contributed by atoms with Crippen LogP contribution in [0.15, 0.2) is 16.6 Å². The number of nitrogens with two attached hydrogens (primary N) is 1. The standard InChI is InChI=1S/C14H19BrN2O/c1-10-6-12(15)7-11(8-16)13(10)18-5-4-14(2,3)9-17/h6-7H,4-5,8,16H2,1-3H3. The molecule has 3 nitrogen and oxygen atoms in total. The Kier molecular flexibility index (Phi) is 5.18. The Labute approximate surface area is 117 Å². The van der Waals surface area contributed by atoms with Gasteiger partial charge in [0.25, 0.3) is 0 Å². The molecule has 1 aromatic rings. The molecule has 0 spiro atoms. The highest BCUT2D eigenvalue weighted by Crippen LogP contribution is 2.29. The lowest BCUT2D eigenvalue weighted by Gasteiger charge is -2.18. The van der Waals surface area contributed by atoms with Crippen LogP contribution in [0.5, 0.6) is 5.75 Å². The van der Waals surface area contributed by atoms with Gasteiger partial charge in [-0.2, -0.15) is 5.26 Å². The van der Waals surface area contributed by atoms with Crippen LogP contribution in [0.3, 0.4) is 0 Å². The Hall–Kier alpha value is -1.05. The molecule has 0 unspecified atom stereocenters. The molecule has 98 valence electrons. The molecule has 4 heteroatoms. The number of benzene rings is 1. The molecule has 0 heterocycles. The molecule has 0 saturated heterocycles. The summed E-state index contributed by atoms with van der Waals surface area (Å²) in [5.74, 6) is 0.842. The third-order valence-electron chi connectivity index (χ3n) is 2.81. The van der Waals surface area contributed by atoms with Crippen LogP contribution >= 0.6 is 15.9 Å². The Morgan fingerprint density at radius 3 is 2.67 bits per heavy atom. The summed E-state index contributed by atoms with van der Waals surface area (Å²) in [6, 6.07) is 6.24. The summed E-state index contributed by atoms with van der Waals surface area (Å²) < 4.78 is 6.80. The number of halogens is 1. The fourth-order valence-electron chi connectivity index (χ4n) is 1.62. The maximum absolute atomic E-state index is 8.95. The van der Waals surface area contributed by atoms with Crippen LogP contribution in [-0.2, 0) is 6.54 Å². The fourth-order valence-corrected chi connectivity index (χ4v) is 2.24. The smallest absolute Gasteiger partial charge is 0.126 e. The van der Waals surface area contributed by atoms with Crippen molar-refractivity contribution in [2.24, 2.45) is 11.1 Å². The number of hydrogen-bond acceptors (Lipinski definition) is 3. The van der Waals surface area contributed by atoms with Gasteiger partial charge in [-0.15, -0.1) is 0 Å². The summed E-state index contributed by atoms with van der Waals surface area (Å²) in [6.07, 6.45) is 0.697. The lowest BCUT2D eigenvalue weighted by Crippen LogP contribution is -2.14. The number of nitriles is 1. The van der Waals surface area contributed by atoms with Crippen molar-refractivity contribution in [3.63, 3.8) is 0 Å². The van der Waals surface area contributed by atoms with Crippen molar-refractivity contribution >= 4 is 15.9 Å². The van der Waals surface area contributed by atoms with Gasteiger partial charge in [-0.1, -0.05) is 15.9 Å². The average Bonchev–Trinajstić information content (AvgIpc) is 2.31. The van der Waals surface area contributed by atoms with Gasteiger partial charge >= 0.3 is 0 Å². The van der Waals surface area contributed by atoms with Gasteiger partial charge in [-0.05, 0) is 44.9 Å². The van der Waals surface area contributed by atoms with Gasteiger partial charge in [-0.3, -0.25) is 0 Å². The predicted octanol–water partition coefficient (Wildman–Crippen LogP) is 3.53. The molecule has 0 fully saturated rings. The summed E-state index contributed by atoms with van der Waals surface area (Å²) in [5.41, 5.74) is 7.40. The molecule has 2 N–H and O–H groups in total. The average molecular weight is 311 g/mol. The number of nitrogens with zero attached hydrogens (tertiary/aromatic N) is 1. The second-order valence-electron chi connectivity index (χ2n) is 5.01. The van der Waals surface area contributed by atoms with E-state index in [0.29, 0.717) is 19.6 Å². The van der Waals surface area contributed by atoms with E-state index in [1.807, 2.05) is 32.9 Å². The van der Waals surface area contributed by atoms with E-state index in [1.54, 1.807) is 0 Å². The third kappa shape index (κ3) is 4.01. The van der Waals surface area contributed by atoms with Gasteiger partial charge in [0, 0.05) is 16.6 Å². The number of ether oxygens (including phenoxy) is 1. The molecule has 0 aromatic heterocycles. The van der Waals surface area contributed by atoms with Gasteiger partial charge in [0.15, 0.2) is 0 Å². The normalized spacial score (nSPS) is 11.1. The lowest BCUT2D eigenvalue weighted by atomic mass is 9.92. The van der Waals surface area contributed by atoms with Crippen LogP contribution in [0.1, 0.15) is 31.4 Å². The van der Waals surface area contributed by atoms with Crippen molar-refractivity contribution < 1.29 is 4.74 Å². The van der Waals surface area contributed by atoms with Crippen LogP contribution in [0, 0.1) is 23.7 Å². The van der Waals surface area contributed by atoms with Crippen LogP contribution in [-0.4, -0.2) is 6.61 Å². The zero-order valence-corrected chi connectivity index (χ0v) is 12.7. The van der Waals surface area contributed by atoms with Crippen molar-refractivity contribution in [2.45, 2.75) is 33.7 Å². The van der Waals surface area contributed by atoms with E-state index in [1.165, 1.54) is 0 Å². The zero-order chi connectivity index (χ0) is 13.8. The quantitative estimate of drug-likeness (QED) is 0.905. The van der Waals surface area contributed by atoms with Gasteiger partial charge < -0.3 is 10.5 Å². The number of aryl methyl sites for hydroxylation is 1. The molecule has 1 rings (SSSR count). The van der Waals surface area contributed by atoms with E-state index in [-0.39, 0.29) is 5.41 Å². The number of hydrogen-bond donors (Lipinski definition) is 1. The molecule has 0 aliphatic heterocycles. The molecule has 0 radical (unpaired) electrons. The monoisotopic (exact) mass is 310 g/mol. The van der Waals surface area contributed by atoms with E-state index in [4.69, 9.17) is 15.7 Å². The van der Waals surface area contributed by atoms with Gasteiger partial charge in [0.1, 0.15) is 5.75 Å². The van der Waals surface area contributed by atoms with E-state index >= 15 is 0 Å². The second-order valence-corrected chi connectivity index (χ2v) is 5.92. The Morgan fingerprint density at radius 2 is 2.11 bits per heavy atom. The Balaban J connectivity index is 2.77. The molecule has 0 bridgehead atoms. The maximum atomic E-state index is 8.95. The highest BCUT2D eigenvalue weighted by atomic mass is 79.9. The zero-order valence-electron chi connectivity index (χ0n) is 11.1. The molecule has 1 aromatic carbocycles. The highest BCUT2D eigenvalue weighted by molar-refractivity contribution is 9.10. The number of rotatable bonds is 5. The first kappa shape index (κ1) is 15.0. The lowest BCUT2D eigenvalue weighted by molar-refractivity contribution is 0.261. The van der Waals surface area contributed by atoms with Crippen LogP contribution in [0.25, 0.3) is 0 Å². The Morgan fingerprint density at radius 1 is 1.44 bits per heavy atom. The molecule has 0 amide bonds. The second kappa shape index (κ2) is 6.21. The van der Waals surface area contributed by atoms with Crippen molar-refractivity contribution in [1.29, 1.82) is 5.26 Å². The molecule has 0 aliphatic carbocycles. The first-order valence-corrected chi connectivity index (χ1v) is 6.72. The molecule has 18 heavy (non-hydrogen) atoms. The van der Waals surface area contributed by atoms with Gasteiger partial charge in [0.05, 0.1) is 18.1 Å². The topological polar surface area (TPSA) is 59.0 Å². The summed E-state index contributed by atoms with van der Waals surface area (Å²) >= 11 is 3.44. The van der Waals surface area contributed by atoms with Gasteiger partial charge in [-0.25, -0.2) is 0 Å². The summed E-state index contributed by atoms with van der Waals surface area (Å²) in [5, 5.41) is 8.95. The van der Waals surface area contributed by atoms with Crippen LogP contribution in [0.2, 0.25) is 0 Å². The largest absolute Gasteiger partial charge is 0.493 e. The van der Waals surface area contributed by atoms with E-state index in [9.17, 15) is 0 Å². The minimum atomic E-state index is -0.355. The van der Waals surface area contributed by atoms with E-state index < -0.39 is 0 Å². The van der Waals surface area contributed by atoms with Crippen LogP contribution < -0.4 is 10.5 Å². The SMILES string of the molecule is Cc1cc(Br)cc(CN)c1OCCC(C)(C)C#N. The Bertz CT molecular complexity index is 464. The van der Waals surface area contributed by atoms with Crippen molar-refractivity contribution in [3.8, 4) is 11.8 Å². The predicted molar refractivity (Wildman–Crippen MR) is 76.3 cm³/mol. The van der Waals surface area contributed by atoms with Crippen molar-refractivity contribution in [2.75, 3.05) is 6.61 Å². The highest BCUT2D eigenvalue weighted by Gasteiger charge is 2.17. The summed E-state index contributed by atoms with van der Waals surface area (Å²) in [6.45, 7) is 6.78. The third-order valence-corrected chi connectivity index (χ3v) is 3.27. The summed E-state index contributed by atoms with van der Waals surface area (Å²) in [7, 11) is 0. The van der Waals surface area contributed by atoms with E-state index in [2.05, 4.69) is 22.0 Å². The molecular formula is C14H19BrN2O. The molecule has 0 saturated carbocycles. The maximum Gasteiger partial charge on any atom is 0.126 e. The molecular weight excluding hydrogens is 292 g/mol. The molecule has 0 atom stereocenters. The van der Waals surface area contributed by atoms with Crippen LogP contribution in [0.4, 0.5) is 0 Å². The summed E-state index contributed by atoms with van der Waals surface area (Å²) in [4.78, 5) is 0. The van der Waals surface area contributed by atoms with Crippen molar-refractivity contribution in [1.82, 2.24) is 0 Å². The minimum Gasteiger partial charge on any atom is -0.493 e.